The Morgan fingerprint density at radius 1 is 0.830 bits per heavy atom. The summed E-state index contributed by atoms with van der Waals surface area (Å²) >= 11 is 0. The highest BCUT2D eigenvalue weighted by molar-refractivity contribution is 7.92. The molecule has 0 heterocycles. The Labute approximate surface area is 276 Å². The summed E-state index contributed by atoms with van der Waals surface area (Å²) in [5, 5.41) is 3.01. The van der Waals surface area contributed by atoms with Gasteiger partial charge in [-0.15, -0.1) is 0 Å². The van der Waals surface area contributed by atoms with Crippen LogP contribution in [-0.4, -0.2) is 58.0 Å². The number of methoxy groups -OCH3 is 2. The SMILES string of the molecule is CC[C@H](C)NC(=O)[C@H](Cc1ccccc1)N(Cc1cccc(OC)c1)C(=O)CN(c1ccc(F)cc1)S(=O)(=O)c1ccc(OC)cc1. The number of halogens is 1. The maximum atomic E-state index is 14.5. The lowest BCUT2D eigenvalue weighted by atomic mass is 10.0. The van der Waals surface area contributed by atoms with E-state index in [9.17, 15) is 22.4 Å². The smallest absolute Gasteiger partial charge is 0.264 e. The van der Waals surface area contributed by atoms with E-state index in [-0.39, 0.29) is 35.5 Å². The molecule has 0 spiro atoms. The zero-order valence-corrected chi connectivity index (χ0v) is 27.7. The molecule has 4 aromatic carbocycles. The monoisotopic (exact) mass is 661 g/mol. The number of sulfonamides is 1. The van der Waals surface area contributed by atoms with E-state index in [1.165, 1.54) is 55.5 Å². The molecule has 0 bridgehead atoms. The number of nitrogens with one attached hydrogen (secondary N) is 1. The van der Waals surface area contributed by atoms with Crippen molar-refractivity contribution in [3.8, 4) is 11.5 Å². The zero-order valence-electron chi connectivity index (χ0n) is 26.9. The highest BCUT2D eigenvalue weighted by atomic mass is 32.2. The Balaban J connectivity index is 1.81. The van der Waals surface area contributed by atoms with E-state index in [4.69, 9.17) is 9.47 Å². The fourth-order valence-corrected chi connectivity index (χ4v) is 6.39. The van der Waals surface area contributed by atoms with Gasteiger partial charge in [0.25, 0.3) is 10.0 Å². The third-order valence-corrected chi connectivity index (χ3v) is 9.59. The topological polar surface area (TPSA) is 105 Å². The number of carbonyl (C=O) groups is 2. The van der Waals surface area contributed by atoms with Crippen molar-refractivity contribution in [2.75, 3.05) is 25.1 Å². The summed E-state index contributed by atoms with van der Waals surface area (Å²) in [4.78, 5) is 29.8. The third kappa shape index (κ3) is 9.10. The lowest BCUT2D eigenvalue weighted by Gasteiger charge is -2.34. The molecule has 0 fully saturated rings. The van der Waals surface area contributed by atoms with E-state index in [0.29, 0.717) is 23.5 Å². The maximum Gasteiger partial charge on any atom is 0.264 e. The molecule has 11 heteroatoms. The first-order valence-corrected chi connectivity index (χ1v) is 16.7. The van der Waals surface area contributed by atoms with Crippen molar-refractivity contribution in [1.29, 1.82) is 0 Å². The maximum absolute atomic E-state index is 14.5. The molecule has 0 aliphatic carbocycles. The van der Waals surface area contributed by atoms with Crippen molar-refractivity contribution in [3.05, 3.63) is 120 Å². The van der Waals surface area contributed by atoms with Crippen molar-refractivity contribution in [2.24, 2.45) is 0 Å². The Morgan fingerprint density at radius 3 is 2.09 bits per heavy atom. The van der Waals surface area contributed by atoms with Gasteiger partial charge < -0.3 is 19.7 Å². The first kappa shape index (κ1) is 35.0. The van der Waals surface area contributed by atoms with Crippen molar-refractivity contribution in [3.63, 3.8) is 0 Å². The van der Waals surface area contributed by atoms with Crippen molar-refractivity contribution < 1.29 is 31.9 Å². The minimum absolute atomic E-state index is 0.0126. The van der Waals surface area contributed by atoms with Crippen molar-refractivity contribution >= 4 is 27.5 Å². The summed E-state index contributed by atoms with van der Waals surface area (Å²) in [7, 11) is -1.35. The molecule has 4 rings (SSSR count). The highest BCUT2D eigenvalue weighted by Crippen LogP contribution is 2.27. The Kier molecular flexibility index (Phi) is 12.0. The van der Waals surface area contributed by atoms with Gasteiger partial charge in [-0.05, 0) is 85.1 Å². The number of amides is 2. The molecule has 1 N–H and O–H groups in total. The second kappa shape index (κ2) is 16.1. The first-order chi connectivity index (χ1) is 22.5. The van der Waals surface area contributed by atoms with Crippen LogP contribution in [0.4, 0.5) is 10.1 Å². The molecule has 0 radical (unpaired) electrons. The number of hydrogen-bond acceptors (Lipinski definition) is 6. The summed E-state index contributed by atoms with van der Waals surface area (Å²) in [5.74, 6) is -0.547. The highest BCUT2D eigenvalue weighted by Gasteiger charge is 2.35. The number of rotatable bonds is 15. The summed E-state index contributed by atoms with van der Waals surface area (Å²) < 4.78 is 53.7. The van der Waals surface area contributed by atoms with E-state index in [1.54, 1.807) is 24.3 Å². The Bertz CT molecular complexity index is 1740. The Hall–Kier alpha value is -4.90. The fourth-order valence-electron chi connectivity index (χ4n) is 4.97. The second-order valence-corrected chi connectivity index (χ2v) is 12.9. The lowest BCUT2D eigenvalue weighted by Crippen LogP contribution is -2.54. The van der Waals surface area contributed by atoms with Gasteiger partial charge >= 0.3 is 0 Å². The fraction of sp³-hybridized carbons (Fsp3) is 0.278. The predicted molar refractivity (Wildman–Crippen MR) is 179 cm³/mol. The summed E-state index contributed by atoms with van der Waals surface area (Å²) in [6, 6.07) is 25.9. The van der Waals surface area contributed by atoms with Gasteiger partial charge in [-0.1, -0.05) is 49.4 Å². The van der Waals surface area contributed by atoms with E-state index >= 15 is 0 Å². The summed E-state index contributed by atoms with van der Waals surface area (Å²) in [6.07, 6.45) is 0.854. The molecular weight excluding hydrogens is 621 g/mol. The Morgan fingerprint density at radius 2 is 1.47 bits per heavy atom. The van der Waals surface area contributed by atoms with Crippen LogP contribution in [0.2, 0.25) is 0 Å². The molecule has 0 aromatic heterocycles. The predicted octanol–water partition coefficient (Wildman–Crippen LogP) is 5.59. The zero-order chi connectivity index (χ0) is 34.0. The van der Waals surface area contributed by atoms with E-state index in [1.807, 2.05) is 44.2 Å². The number of ether oxygens (including phenoxy) is 2. The third-order valence-electron chi connectivity index (χ3n) is 7.80. The first-order valence-electron chi connectivity index (χ1n) is 15.2. The second-order valence-electron chi connectivity index (χ2n) is 11.1. The van der Waals surface area contributed by atoms with Gasteiger partial charge in [-0.2, -0.15) is 0 Å². The number of benzene rings is 4. The normalized spacial score (nSPS) is 12.4. The van der Waals surface area contributed by atoms with Crippen LogP contribution in [0.25, 0.3) is 0 Å². The van der Waals surface area contributed by atoms with Gasteiger partial charge in [0.2, 0.25) is 11.8 Å². The number of anilines is 1. The number of carbonyl (C=O) groups excluding carboxylic acids is 2. The van der Waals surface area contributed by atoms with Crippen molar-refractivity contribution in [2.45, 2.75) is 50.2 Å². The molecule has 0 unspecified atom stereocenters. The average molecular weight is 662 g/mol. The quantitative estimate of drug-likeness (QED) is 0.178. The van der Waals surface area contributed by atoms with Crippen LogP contribution < -0.4 is 19.1 Å². The number of nitrogens with zero attached hydrogens (tertiary/aromatic N) is 2. The molecule has 0 saturated carbocycles. The van der Waals surface area contributed by atoms with Crippen LogP contribution in [0.1, 0.15) is 31.4 Å². The molecule has 0 saturated heterocycles. The molecule has 248 valence electrons. The summed E-state index contributed by atoms with van der Waals surface area (Å²) in [5.41, 5.74) is 1.58. The van der Waals surface area contributed by atoms with Crippen LogP contribution in [0.5, 0.6) is 11.5 Å². The molecule has 9 nitrogen and oxygen atoms in total. The van der Waals surface area contributed by atoms with Gasteiger partial charge in [0.15, 0.2) is 0 Å². The van der Waals surface area contributed by atoms with E-state index in [2.05, 4.69) is 5.32 Å². The molecule has 2 amide bonds. The molecular formula is C36H40FN3O6S. The van der Waals surface area contributed by atoms with Gasteiger partial charge in [-0.3, -0.25) is 13.9 Å². The average Bonchev–Trinajstić information content (AvgIpc) is 3.09. The van der Waals surface area contributed by atoms with Crippen LogP contribution in [0.3, 0.4) is 0 Å². The van der Waals surface area contributed by atoms with E-state index in [0.717, 1.165) is 22.0 Å². The standard InChI is InChI=1S/C36H40FN3O6S/c1-5-26(2)38-36(42)34(23-27-10-7-6-8-11-27)39(24-28-12-9-13-32(22-28)46-4)35(41)25-40(30-16-14-29(37)15-17-30)47(43,44)33-20-18-31(45-3)19-21-33/h6-22,26,34H,5,23-25H2,1-4H3,(H,38,42)/t26-,34-/m0/s1. The minimum atomic E-state index is -4.34. The molecule has 2 atom stereocenters. The molecule has 0 aliphatic heterocycles. The van der Waals surface area contributed by atoms with Crippen molar-refractivity contribution in [1.82, 2.24) is 10.2 Å². The van der Waals surface area contributed by atoms with Crippen LogP contribution in [0, 0.1) is 5.82 Å². The largest absolute Gasteiger partial charge is 0.497 e. The minimum Gasteiger partial charge on any atom is -0.497 e. The van der Waals surface area contributed by atoms with Crippen LogP contribution in [-0.2, 0) is 32.6 Å². The van der Waals surface area contributed by atoms with Crippen LogP contribution in [0.15, 0.2) is 108 Å². The van der Waals surface area contributed by atoms with Gasteiger partial charge in [0.05, 0.1) is 24.8 Å². The lowest BCUT2D eigenvalue weighted by molar-refractivity contribution is -0.140. The van der Waals surface area contributed by atoms with Gasteiger partial charge in [0, 0.05) is 19.0 Å². The van der Waals surface area contributed by atoms with Gasteiger partial charge in [-0.25, -0.2) is 12.8 Å². The summed E-state index contributed by atoms with van der Waals surface area (Å²) in [6.45, 7) is 3.15. The number of hydrogen-bond donors (Lipinski definition) is 1. The molecule has 0 aliphatic rings. The molecule has 47 heavy (non-hydrogen) atoms. The van der Waals surface area contributed by atoms with Crippen LogP contribution >= 0.6 is 0 Å². The van der Waals surface area contributed by atoms with E-state index < -0.39 is 34.3 Å². The van der Waals surface area contributed by atoms with Gasteiger partial charge in [0.1, 0.15) is 29.9 Å². The molecule has 4 aromatic rings.